The third-order valence-electron chi connectivity index (χ3n) is 3.57. The average Bonchev–Trinajstić information content (AvgIpc) is 3.03. The van der Waals surface area contributed by atoms with Crippen LogP contribution in [0.15, 0.2) is 70.8 Å². The summed E-state index contributed by atoms with van der Waals surface area (Å²) in [6, 6.07) is 15.5. The maximum absolute atomic E-state index is 5.93. The maximum atomic E-state index is 5.93. The van der Waals surface area contributed by atoms with Crippen LogP contribution in [-0.4, -0.2) is 14.8 Å². The SMILES string of the molecule is C=CCn1c(COc2ccc(Br)cc2)nnc1SCc1ccc(Cl)cc1. The normalized spacial score (nSPS) is 10.7. The van der Waals surface area contributed by atoms with Gasteiger partial charge < -0.3 is 4.74 Å². The van der Waals surface area contributed by atoms with Crippen molar-refractivity contribution in [1.82, 2.24) is 14.8 Å². The van der Waals surface area contributed by atoms with E-state index in [4.69, 9.17) is 16.3 Å². The smallest absolute Gasteiger partial charge is 0.191 e. The number of thioether (sulfide) groups is 1. The summed E-state index contributed by atoms with van der Waals surface area (Å²) < 4.78 is 8.86. The van der Waals surface area contributed by atoms with E-state index in [-0.39, 0.29) is 0 Å². The number of aromatic nitrogens is 3. The third kappa shape index (κ3) is 5.13. The largest absolute Gasteiger partial charge is 0.486 e. The molecule has 0 spiro atoms. The fourth-order valence-electron chi connectivity index (χ4n) is 2.25. The van der Waals surface area contributed by atoms with Crippen molar-refractivity contribution in [3.05, 3.63) is 82.1 Å². The van der Waals surface area contributed by atoms with Gasteiger partial charge in [0.2, 0.25) is 0 Å². The topological polar surface area (TPSA) is 39.9 Å². The zero-order chi connectivity index (χ0) is 18.4. The predicted octanol–water partition coefficient (Wildman–Crippen LogP) is 5.75. The van der Waals surface area contributed by atoms with E-state index in [1.807, 2.05) is 59.2 Å². The first-order chi connectivity index (χ1) is 12.7. The molecular weight excluding hydrogens is 434 g/mol. The summed E-state index contributed by atoms with van der Waals surface area (Å²) in [6.45, 7) is 4.81. The Labute approximate surface area is 170 Å². The van der Waals surface area contributed by atoms with Crippen molar-refractivity contribution in [1.29, 1.82) is 0 Å². The number of benzene rings is 2. The highest BCUT2D eigenvalue weighted by Gasteiger charge is 2.12. The van der Waals surface area contributed by atoms with Crippen LogP contribution in [0.2, 0.25) is 5.02 Å². The lowest BCUT2D eigenvalue weighted by atomic mass is 10.2. The second-order valence-corrected chi connectivity index (χ2v) is 7.75. The Morgan fingerprint density at radius 1 is 1.12 bits per heavy atom. The molecule has 4 nitrogen and oxygen atoms in total. The van der Waals surface area contributed by atoms with E-state index < -0.39 is 0 Å². The van der Waals surface area contributed by atoms with Crippen molar-refractivity contribution < 1.29 is 4.74 Å². The summed E-state index contributed by atoms with van der Waals surface area (Å²) in [5.41, 5.74) is 1.18. The van der Waals surface area contributed by atoms with Gasteiger partial charge in [-0.15, -0.1) is 16.8 Å². The molecule has 1 heterocycles. The number of nitrogens with zero attached hydrogens (tertiary/aromatic N) is 3. The van der Waals surface area contributed by atoms with Crippen LogP contribution >= 0.6 is 39.3 Å². The Morgan fingerprint density at radius 2 is 1.85 bits per heavy atom. The zero-order valence-electron chi connectivity index (χ0n) is 13.9. The molecule has 0 amide bonds. The van der Waals surface area contributed by atoms with Gasteiger partial charge in [-0.3, -0.25) is 4.57 Å². The zero-order valence-corrected chi connectivity index (χ0v) is 17.1. The van der Waals surface area contributed by atoms with Crippen LogP contribution in [-0.2, 0) is 18.9 Å². The second kappa shape index (κ2) is 9.26. The molecule has 0 saturated carbocycles. The van der Waals surface area contributed by atoms with Crippen molar-refractivity contribution in [2.24, 2.45) is 0 Å². The summed E-state index contributed by atoms with van der Waals surface area (Å²) in [6.07, 6.45) is 1.83. The molecule has 0 aliphatic heterocycles. The quantitative estimate of drug-likeness (QED) is 0.323. The number of hydrogen-bond donors (Lipinski definition) is 0. The summed E-state index contributed by atoms with van der Waals surface area (Å²) in [5, 5.41) is 10.2. The maximum Gasteiger partial charge on any atom is 0.191 e. The van der Waals surface area contributed by atoms with Crippen LogP contribution < -0.4 is 4.74 Å². The van der Waals surface area contributed by atoms with Gasteiger partial charge in [0.15, 0.2) is 11.0 Å². The van der Waals surface area contributed by atoms with E-state index in [1.165, 1.54) is 5.56 Å². The van der Waals surface area contributed by atoms with E-state index in [0.29, 0.717) is 13.2 Å². The Balaban J connectivity index is 1.67. The number of ether oxygens (including phenoxy) is 1. The van der Waals surface area contributed by atoms with Gasteiger partial charge in [-0.1, -0.05) is 57.5 Å². The molecule has 3 rings (SSSR count). The van der Waals surface area contributed by atoms with Crippen LogP contribution in [0.25, 0.3) is 0 Å². The Morgan fingerprint density at radius 3 is 2.54 bits per heavy atom. The van der Waals surface area contributed by atoms with Gasteiger partial charge in [0.25, 0.3) is 0 Å². The Bertz CT molecular complexity index is 798. The molecule has 0 unspecified atom stereocenters. The van der Waals surface area contributed by atoms with Crippen LogP contribution in [0.1, 0.15) is 11.4 Å². The molecule has 0 aliphatic rings. The van der Waals surface area contributed by atoms with Crippen LogP contribution in [0.5, 0.6) is 5.75 Å². The molecule has 134 valence electrons. The molecule has 0 saturated heterocycles. The van der Waals surface area contributed by atoms with Crippen molar-refractivity contribution in [3.63, 3.8) is 0 Å². The van der Waals surface area contributed by atoms with Crippen molar-refractivity contribution in [2.75, 3.05) is 0 Å². The predicted molar refractivity (Wildman–Crippen MR) is 110 cm³/mol. The minimum absolute atomic E-state index is 0.351. The molecule has 0 aliphatic carbocycles. The van der Waals surface area contributed by atoms with E-state index in [1.54, 1.807) is 11.8 Å². The molecular formula is C19H17BrClN3OS. The fraction of sp³-hybridized carbons (Fsp3) is 0.158. The molecule has 7 heteroatoms. The van der Waals surface area contributed by atoms with Gasteiger partial charge in [-0.05, 0) is 42.0 Å². The lowest BCUT2D eigenvalue weighted by Gasteiger charge is -2.09. The molecule has 3 aromatic rings. The summed E-state index contributed by atoms with van der Waals surface area (Å²) in [4.78, 5) is 0. The molecule has 1 aromatic heterocycles. The summed E-state index contributed by atoms with van der Waals surface area (Å²) in [7, 11) is 0. The standard InChI is InChI=1S/C19H17BrClN3OS/c1-2-11-24-18(12-25-17-9-5-15(20)6-10-17)22-23-19(24)26-13-14-3-7-16(21)8-4-14/h2-10H,1,11-13H2. The molecule has 2 aromatic carbocycles. The highest BCUT2D eigenvalue weighted by Crippen LogP contribution is 2.24. The van der Waals surface area contributed by atoms with Gasteiger partial charge in [0.1, 0.15) is 12.4 Å². The first kappa shape index (κ1) is 19.0. The molecule has 0 bridgehead atoms. The molecule has 0 atom stereocenters. The number of hydrogen-bond acceptors (Lipinski definition) is 4. The molecule has 0 N–H and O–H groups in total. The van der Waals surface area contributed by atoms with E-state index in [0.717, 1.165) is 32.0 Å². The average molecular weight is 451 g/mol. The van der Waals surface area contributed by atoms with Gasteiger partial charge >= 0.3 is 0 Å². The Hall–Kier alpha value is -1.76. The fourth-order valence-corrected chi connectivity index (χ4v) is 3.57. The summed E-state index contributed by atoms with van der Waals surface area (Å²) >= 11 is 11.0. The van der Waals surface area contributed by atoms with Gasteiger partial charge in [-0.2, -0.15) is 0 Å². The number of allylic oxidation sites excluding steroid dienone is 1. The lowest BCUT2D eigenvalue weighted by Crippen LogP contribution is -2.07. The highest BCUT2D eigenvalue weighted by atomic mass is 79.9. The van der Waals surface area contributed by atoms with E-state index in [9.17, 15) is 0 Å². The van der Waals surface area contributed by atoms with Crippen molar-refractivity contribution in [2.45, 2.75) is 24.1 Å². The van der Waals surface area contributed by atoms with E-state index in [2.05, 4.69) is 32.7 Å². The minimum Gasteiger partial charge on any atom is -0.486 e. The molecule has 0 radical (unpaired) electrons. The third-order valence-corrected chi connectivity index (χ3v) is 5.39. The Kier molecular flexibility index (Phi) is 6.77. The summed E-state index contributed by atoms with van der Waals surface area (Å²) in [5.74, 6) is 2.35. The van der Waals surface area contributed by atoms with Crippen LogP contribution in [0.3, 0.4) is 0 Å². The molecule has 0 fully saturated rings. The monoisotopic (exact) mass is 449 g/mol. The first-order valence-electron chi connectivity index (χ1n) is 7.94. The van der Waals surface area contributed by atoms with Crippen molar-refractivity contribution >= 4 is 39.3 Å². The minimum atomic E-state index is 0.351. The highest BCUT2D eigenvalue weighted by molar-refractivity contribution is 9.10. The van der Waals surface area contributed by atoms with E-state index >= 15 is 0 Å². The first-order valence-corrected chi connectivity index (χ1v) is 10.1. The number of halogens is 2. The second-order valence-electron chi connectivity index (χ2n) is 5.46. The number of rotatable bonds is 8. The van der Waals surface area contributed by atoms with Gasteiger partial charge in [0, 0.05) is 21.8 Å². The van der Waals surface area contributed by atoms with Gasteiger partial charge in [-0.25, -0.2) is 0 Å². The van der Waals surface area contributed by atoms with Crippen molar-refractivity contribution in [3.8, 4) is 5.75 Å². The van der Waals surface area contributed by atoms with Crippen LogP contribution in [0.4, 0.5) is 0 Å². The molecule has 26 heavy (non-hydrogen) atoms. The van der Waals surface area contributed by atoms with Gasteiger partial charge in [0.05, 0.1) is 0 Å². The lowest BCUT2D eigenvalue weighted by molar-refractivity contribution is 0.289. The van der Waals surface area contributed by atoms with Crippen LogP contribution in [0, 0.1) is 0 Å².